The van der Waals surface area contributed by atoms with Crippen molar-refractivity contribution < 1.29 is 9.90 Å². The van der Waals surface area contributed by atoms with Gasteiger partial charge in [-0.25, -0.2) is 0 Å². The Bertz CT molecular complexity index is 396. The standard InChI is InChI=1S/C12H16N2O2/c1-9(7-10(14)15)3-4-11(2,16)12(8-13)5-6-12/h3-4,7,16H,5-6H2,1-2H3,(H2,14,15)/b4-3+,9-7-/t11-/m0/s1. The number of carbonyl (C=O) groups is 1. The molecule has 0 aromatic carbocycles. The number of aliphatic hydroxyl groups is 1. The van der Waals surface area contributed by atoms with Crippen molar-refractivity contribution in [3.8, 4) is 6.07 Å². The van der Waals surface area contributed by atoms with Gasteiger partial charge in [-0.1, -0.05) is 12.2 Å². The lowest BCUT2D eigenvalue weighted by Crippen LogP contribution is -2.32. The van der Waals surface area contributed by atoms with Crippen LogP contribution in [0.5, 0.6) is 0 Å². The van der Waals surface area contributed by atoms with Crippen molar-refractivity contribution in [2.24, 2.45) is 11.1 Å². The Kier molecular flexibility index (Phi) is 3.20. The first-order valence-electron chi connectivity index (χ1n) is 5.14. The van der Waals surface area contributed by atoms with Gasteiger partial charge in [0.15, 0.2) is 0 Å². The van der Waals surface area contributed by atoms with Gasteiger partial charge in [0.25, 0.3) is 0 Å². The van der Waals surface area contributed by atoms with E-state index in [9.17, 15) is 9.90 Å². The number of nitriles is 1. The number of primary amides is 1. The van der Waals surface area contributed by atoms with E-state index in [1.54, 1.807) is 26.0 Å². The Labute approximate surface area is 95.1 Å². The fraction of sp³-hybridized carbons (Fsp3) is 0.500. The fourth-order valence-electron chi connectivity index (χ4n) is 1.58. The van der Waals surface area contributed by atoms with Crippen LogP contribution < -0.4 is 5.73 Å². The first-order valence-corrected chi connectivity index (χ1v) is 5.14. The van der Waals surface area contributed by atoms with Crippen LogP contribution in [0.1, 0.15) is 26.7 Å². The summed E-state index contributed by atoms with van der Waals surface area (Å²) in [6, 6.07) is 2.14. The van der Waals surface area contributed by atoms with E-state index in [0.717, 1.165) is 0 Å². The molecule has 0 aromatic heterocycles. The Balaban J connectivity index is 2.78. The molecule has 1 aliphatic rings. The summed E-state index contributed by atoms with van der Waals surface area (Å²) in [6.07, 6.45) is 5.86. The molecule has 4 nitrogen and oxygen atoms in total. The molecule has 1 amide bonds. The zero-order valence-electron chi connectivity index (χ0n) is 9.53. The molecule has 1 rings (SSSR count). The van der Waals surface area contributed by atoms with Gasteiger partial charge in [-0.3, -0.25) is 4.79 Å². The van der Waals surface area contributed by atoms with Crippen molar-refractivity contribution in [1.82, 2.24) is 0 Å². The van der Waals surface area contributed by atoms with Crippen LogP contribution in [0.15, 0.2) is 23.8 Å². The zero-order valence-corrected chi connectivity index (χ0v) is 9.53. The lowest BCUT2D eigenvalue weighted by molar-refractivity contribution is -0.113. The number of amides is 1. The minimum absolute atomic E-state index is 0.525. The highest BCUT2D eigenvalue weighted by atomic mass is 16.3. The summed E-state index contributed by atoms with van der Waals surface area (Å²) in [4.78, 5) is 10.6. The number of nitrogens with zero attached hydrogens (tertiary/aromatic N) is 1. The van der Waals surface area contributed by atoms with Gasteiger partial charge in [-0.15, -0.1) is 0 Å². The third-order valence-electron chi connectivity index (χ3n) is 2.97. The van der Waals surface area contributed by atoms with Crippen LogP contribution in [-0.4, -0.2) is 16.6 Å². The third-order valence-corrected chi connectivity index (χ3v) is 2.97. The topological polar surface area (TPSA) is 87.1 Å². The second-order valence-corrected chi connectivity index (χ2v) is 4.47. The summed E-state index contributed by atoms with van der Waals surface area (Å²) < 4.78 is 0. The van der Waals surface area contributed by atoms with Gasteiger partial charge in [0, 0.05) is 6.08 Å². The number of allylic oxidation sites excluding steroid dienone is 2. The van der Waals surface area contributed by atoms with E-state index < -0.39 is 16.9 Å². The highest BCUT2D eigenvalue weighted by Gasteiger charge is 2.55. The lowest BCUT2D eigenvalue weighted by atomic mass is 9.86. The molecule has 86 valence electrons. The lowest BCUT2D eigenvalue weighted by Gasteiger charge is -2.24. The van der Waals surface area contributed by atoms with E-state index in [4.69, 9.17) is 11.0 Å². The van der Waals surface area contributed by atoms with E-state index in [-0.39, 0.29) is 0 Å². The molecular formula is C12H16N2O2. The van der Waals surface area contributed by atoms with Crippen LogP contribution in [0.2, 0.25) is 0 Å². The van der Waals surface area contributed by atoms with Gasteiger partial charge in [0.05, 0.1) is 17.1 Å². The van der Waals surface area contributed by atoms with E-state index in [0.29, 0.717) is 18.4 Å². The van der Waals surface area contributed by atoms with E-state index in [1.165, 1.54) is 6.08 Å². The molecule has 0 bridgehead atoms. The fourth-order valence-corrected chi connectivity index (χ4v) is 1.58. The van der Waals surface area contributed by atoms with Crippen LogP contribution >= 0.6 is 0 Å². The van der Waals surface area contributed by atoms with E-state index >= 15 is 0 Å². The van der Waals surface area contributed by atoms with Crippen molar-refractivity contribution in [2.45, 2.75) is 32.3 Å². The van der Waals surface area contributed by atoms with E-state index in [2.05, 4.69) is 6.07 Å². The average Bonchev–Trinajstić information content (AvgIpc) is 2.94. The molecule has 1 fully saturated rings. The molecule has 16 heavy (non-hydrogen) atoms. The Morgan fingerprint density at radius 2 is 2.19 bits per heavy atom. The van der Waals surface area contributed by atoms with Crippen LogP contribution in [-0.2, 0) is 4.79 Å². The number of rotatable bonds is 4. The van der Waals surface area contributed by atoms with Gasteiger partial charge in [-0.05, 0) is 32.3 Å². The summed E-state index contributed by atoms with van der Waals surface area (Å²) in [5.74, 6) is -0.525. The van der Waals surface area contributed by atoms with Crippen molar-refractivity contribution in [3.63, 3.8) is 0 Å². The van der Waals surface area contributed by atoms with Gasteiger partial charge in [-0.2, -0.15) is 5.26 Å². The molecule has 0 saturated heterocycles. The summed E-state index contributed by atoms with van der Waals surface area (Å²) in [6.45, 7) is 3.32. The Morgan fingerprint density at radius 3 is 2.56 bits per heavy atom. The maximum absolute atomic E-state index is 10.6. The molecule has 0 aliphatic heterocycles. The van der Waals surface area contributed by atoms with Crippen molar-refractivity contribution in [3.05, 3.63) is 23.8 Å². The number of carbonyl (C=O) groups excluding carboxylic acids is 1. The highest BCUT2D eigenvalue weighted by molar-refractivity contribution is 5.86. The maximum Gasteiger partial charge on any atom is 0.241 e. The van der Waals surface area contributed by atoms with Gasteiger partial charge in [0.2, 0.25) is 5.91 Å². The van der Waals surface area contributed by atoms with Gasteiger partial charge in [0.1, 0.15) is 0 Å². The van der Waals surface area contributed by atoms with E-state index in [1.807, 2.05) is 0 Å². The largest absolute Gasteiger partial charge is 0.384 e. The third kappa shape index (κ3) is 2.50. The first-order chi connectivity index (χ1) is 7.33. The number of hydrogen-bond donors (Lipinski definition) is 2. The number of hydrogen-bond acceptors (Lipinski definition) is 3. The minimum atomic E-state index is -1.16. The predicted octanol–water partition coefficient (Wildman–Crippen LogP) is 1.03. The van der Waals surface area contributed by atoms with Gasteiger partial charge < -0.3 is 10.8 Å². The smallest absolute Gasteiger partial charge is 0.241 e. The molecule has 0 heterocycles. The minimum Gasteiger partial charge on any atom is -0.384 e. The molecule has 1 aliphatic carbocycles. The molecule has 0 unspecified atom stereocenters. The predicted molar refractivity (Wildman–Crippen MR) is 60.0 cm³/mol. The second kappa shape index (κ2) is 4.11. The normalized spacial score (nSPS) is 22.5. The van der Waals surface area contributed by atoms with Crippen LogP contribution in [0.4, 0.5) is 0 Å². The summed E-state index contributed by atoms with van der Waals surface area (Å²) in [7, 11) is 0. The molecule has 1 atom stereocenters. The maximum atomic E-state index is 10.6. The second-order valence-electron chi connectivity index (χ2n) is 4.47. The van der Waals surface area contributed by atoms with Crippen LogP contribution in [0.3, 0.4) is 0 Å². The molecule has 3 N–H and O–H groups in total. The molecule has 0 spiro atoms. The van der Waals surface area contributed by atoms with Crippen LogP contribution in [0.25, 0.3) is 0 Å². The Morgan fingerprint density at radius 1 is 1.62 bits per heavy atom. The SMILES string of the molecule is CC(=C/C(N)=O)/C=C/[C@](C)(O)C1(C#N)CC1. The first kappa shape index (κ1) is 12.5. The average molecular weight is 220 g/mol. The summed E-state index contributed by atoms with van der Waals surface area (Å²) >= 11 is 0. The zero-order chi connectivity index (χ0) is 12.4. The Hall–Kier alpha value is -1.60. The quantitative estimate of drug-likeness (QED) is 0.548. The monoisotopic (exact) mass is 220 g/mol. The van der Waals surface area contributed by atoms with Crippen molar-refractivity contribution >= 4 is 5.91 Å². The molecule has 0 radical (unpaired) electrons. The van der Waals surface area contributed by atoms with Crippen LogP contribution in [0, 0.1) is 16.7 Å². The summed E-state index contributed by atoms with van der Waals surface area (Å²) in [5, 5.41) is 19.1. The highest BCUT2D eigenvalue weighted by Crippen LogP contribution is 2.54. The van der Waals surface area contributed by atoms with Gasteiger partial charge >= 0.3 is 0 Å². The summed E-state index contributed by atoms with van der Waals surface area (Å²) in [5.41, 5.74) is 3.83. The van der Waals surface area contributed by atoms with Crippen molar-refractivity contribution in [1.29, 1.82) is 5.26 Å². The van der Waals surface area contributed by atoms with Crippen molar-refractivity contribution in [2.75, 3.05) is 0 Å². The number of nitrogens with two attached hydrogens (primary N) is 1. The molecule has 0 aromatic rings. The molecule has 4 heteroatoms. The molecule has 1 saturated carbocycles. The molecular weight excluding hydrogens is 204 g/mol.